The van der Waals surface area contributed by atoms with Crippen LogP contribution in [0.4, 0.5) is 5.69 Å². The standard InChI is InChI=1S/C24H19N3O2/c1-26-12-11-16-8-10-20(14-22(16)26)27-15-18-7-9-19(13-21(18)24(27)29)25-23(28)17-5-3-2-4-6-17/h2-15,29H,1H3,(H,25,28). The summed E-state index contributed by atoms with van der Waals surface area (Å²) in [5, 5.41) is 16.5. The van der Waals surface area contributed by atoms with Gasteiger partial charge in [-0.15, -0.1) is 0 Å². The van der Waals surface area contributed by atoms with Crippen LogP contribution in [0.2, 0.25) is 0 Å². The summed E-state index contributed by atoms with van der Waals surface area (Å²) in [6, 6.07) is 22.7. The fourth-order valence-electron chi connectivity index (χ4n) is 3.66. The smallest absolute Gasteiger partial charge is 0.255 e. The highest BCUT2D eigenvalue weighted by Gasteiger charge is 2.13. The molecule has 3 aromatic carbocycles. The second kappa shape index (κ2) is 6.56. The Morgan fingerprint density at radius 2 is 1.72 bits per heavy atom. The molecule has 0 atom stereocenters. The van der Waals surface area contributed by atoms with Gasteiger partial charge in [0.15, 0.2) is 0 Å². The van der Waals surface area contributed by atoms with E-state index in [1.165, 1.54) is 0 Å². The molecule has 0 aliphatic carbocycles. The van der Waals surface area contributed by atoms with E-state index in [0.29, 0.717) is 16.6 Å². The molecule has 142 valence electrons. The minimum atomic E-state index is -0.182. The van der Waals surface area contributed by atoms with E-state index >= 15 is 0 Å². The fourth-order valence-corrected chi connectivity index (χ4v) is 3.66. The third-order valence-corrected chi connectivity index (χ3v) is 5.23. The molecular weight excluding hydrogens is 362 g/mol. The molecule has 0 saturated carbocycles. The lowest BCUT2D eigenvalue weighted by Crippen LogP contribution is -2.11. The van der Waals surface area contributed by atoms with Crippen LogP contribution in [-0.2, 0) is 7.05 Å². The van der Waals surface area contributed by atoms with E-state index in [4.69, 9.17) is 0 Å². The topological polar surface area (TPSA) is 59.2 Å². The fraction of sp³-hybridized carbons (Fsp3) is 0.0417. The number of aryl methyl sites for hydroxylation is 1. The Balaban J connectivity index is 1.53. The molecule has 0 radical (unpaired) electrons. The summed E-state index contributed by atoms with van der Waals surface area (Å²) in [6.07, 6.45) is 3.92. The van der Waals surface area contributed by atoms with Crippen LogP contribution >= 0.6 is 0 Å². The van der Waals surface area contributed by atoms with Crippen molar-refractivity contribution in [3.05, 3.63) is 90.8 Å². The highest BCUT2D eigenvalue weighted by Crippen LogP contribution is 2.33. The summed E-state index contributed by atoms with van der Waals surface area (Å²) in [5.41, 5.74) is 3.20. The Labute approximate surface area is 167 Å². The number of carbonyl (C=O) groups is 1. The Kier molecular flexibility index (Phi) is 3.88. The molecule has 0 fully saturated rings. The molecule has 0 aliphatic heterocycles. The molecule has 0 spiro atoms. The van der Waals surface area contributed by atoms with Crippen molar-refractivity contribution in [1.29, 1.82) is 0 Å². The number of anilines is 1. The number of hydrogen-bond acceptors (Lipinski definition) is 2. The second-order valence-electron chi connectivity index (χ2n) is 7.11. The highest BCUT2D eigenvalue weighted by molar-refractivity contribution is 6.05. The SMILES string of the molecule is Cn1ccc2ccc(-n3cc4ccc(NC(=O)c5ccccc5)cc4c3O)cc21. The van der Waals surface area contributed by atoms with Gasteiger partial charge in [-0.25, -0.2) is 0 Å². The van der Waals surface area contributed by atoms with Crippen LogP contribution in [0.5, 0.6) is 5.88 Å². The zero-order valence-corrected chi connectivity index (χ0v) is 15.8. The van der Waals surface area contributed by atoms with E-state index in [1.807, 2.05) is 68.0 Å². The van der Waals surface area contributed by atoms with E-state index in [9.17, 15) is 9.90 Å². The highest BCUT2D eigenvalue weighted by atomic mass is 16.3. The van der Waals surface area contributed by atoms with Crippen molar-refractivity contribution in [2.45, 2.75) is 0 Å². The van der Waals surface area contributed by atoms with Gasteiger partial charge in [0.1, 0.15) is 0 Å². The molecule has 0 saturated heterocycles. The normalized spacial score (nSPS) is 11.2. The third kappa shape index (κ3) is 2.93. The summed E-state index contributed by atoms with van der Waals surface area (Å²) in [7, 11) is 2.00. The molecule has 5 heteroatoms. The molecule has 5 aromatic rings. The van der Waals surface area contributed by atoms with Gasteiger partial charge >= 0.3 is 0 Å². The summed E-state index contributed by atoms with van der Waals surface area (Å²) >= 11 is 0. The number of hydrogen-bond donors (Lipinski definition) is 2. The molecule has 0 unspecified atom stereocenters. The Morgan fingerprint density at radius 1 is 0.931 bits per heavy atom. The van der Waals surface area contributed by atoms with Crippen LogP contribution in [0.3, 0.4) is 0 Å². The molecule has 0 aliphatic rings. The zero-order chi connectivity index (χ0) is 20.0. The number of aromatic hydroxyl groups is 1. The first kappa shape index (κ1) is 17.1. The van der Waals surface area contributed by atoms with Crippen molar-refractivity contribution in [1.82, 2.24) is 9.13 Å². The average molecular weight is 381 g/mol. The largest absolute Gasteiger partial charge is 0.494 e. The summed E-state index contributed by atoms with van der Waals surface area (Å²) in [4.78, 5) is 12.4. The van der Waals surface area contributed by atoms with Crippen LogP contribution in [0.1, 0.15) is 10.4 Å². The van der Waals surface area contributed by atoms with E-state index in [0.717, 1.165) is 22.0 Å². The van der Waals surface area contributed by atoms with Gasteiger partial charge in [-0.05, 0) is 47.9 Å². The maximum atomic E-state index is 12.4. The number of carbonyl (C=O) groups excluding carboxylic acids is 1. The predicted octanol–water partition coefficient (Wildman–Crippen LogP) is 5.08. The molecule has 29 heavy (non-hydrogen) atoms. The number of benzene rings is 3. The molecular formula is C24H19N3O2. The van der Waals surface area contributed by atoms with Crippen molar-refractivity contribution in [3.8, 4) is 11.6 Å². The number of nitrogens with one attached hydrogen (secondary N) is 1. The van der Waals surface area contributed by atoms with Crippen molar-refractivity contribution >= 4 is 33.3 Å². The Bertz CT molecular complexity index is 1360. The molecule has 5 nitrogen and oxygen atoms in total. The zero-order valence-electron chi connectivity index (χ0n) is 15.8. The number of rotatable bonds is 3. The van der Waals surface area contributed by atoms with Crippen molar-refractivity contribution in [2.24, 2.45) is 7.05 Å². The number of amides is 1. The van der Waals surface area contributed by atoms with Gasteiger partial charge in [0, 0.05) is 47.0 Å². The van der Waals surface area contributed by atoms with Crippen LogP contribution in [0.15, 0.2) is 85.2 Å². The van der Waals surface area contributed by atoms with E-state index in [2.05, 4.69) is 16.0 Å². The molecule has 5 rings (SSSR count). The van der Waals surface area contributed by atoms with Crippen LogP contribution in [0, 0.1) is 0 Å². The summed E-state index contributed by atoms with van der Waals surface area (Å²) in [6.45, 7) is 0. The monoisotopic (exact) mass is 381 g/mol. The molecule has 2 aromatic heterocycles. The average Bonchev–Trinajstić information content (AvgIpc) is 3.28. The van der Waals surface area contributed by atoms with Crippen LogP contribution in [0.25, 0.3) is 27.4 Å². The van der Waals surface area contributed by atoms with E-state index in [-0.39, 0.29) is 11.8 Å². The quantitative estimate of drug-likeness (QED) is 0.458. The van der Waals surface area contributed by atoms with E-state index in [1.54, 1.807) is 22.8 Å². The lowest BCUT2D eigenvalue weighted by atomic mass is 10.2. The maximum Gasteiger partial charge on any atom is 0.255 e. The Morgan fingerprint density at radius 3 is 2.55 bits per heavy atom. The Hall–Kier alpha value is -3.99. The predicted molar refractivity (Wildman–Crippen MR) is 116 cm³/mol. The van der Waals surface area contributed by atoms with Gasteiger partial charge in [-0.1, -0.05) is 30.3 Å². The third-order valence-electron chi connectivity index (χ3n) is 5.23. The molecule has 1 amide bonds. The minimum absolute atomic E-state index is 0.143. The first-order chi connectivity index (χ1) is 14.1. The van der Waals surface area contributed by atoms with Crippen molar-refractivity contribution < 1.29 is 9.90 Å². The summed E-state index contributed by atoms with van der Waals surface area (Å²) < 4.78 is 3.82. The van der Waals surface area contributed by atoms with E-state index < -0.39 is 0 Å². The van der Waals surface area contributed by atoms with Gasteiger partial charge in [-0.2, -0.15) is 0 Å². The summed E-state index contributed by atoms with van der Waals surface area (Å²) in [5.74, 6) is -0.0394. The van der Waals surface area contributed by atoms with Crippen molar-refractivity contribution in [3.63, 3.8) is 0 Å². The molecule has 2 N–H and O–H groups in total. The number of fused-ring (bicyclic) bond motifs is 2. The van der Waals surface area contributed by atoms with Gasteiger partial charge in [0.05, 0.1) is 5.69 Å². The molecule has 2 heterocycles. The first-order valence-corrected chi connectivity index (χ1v) is 9.36. The van der Waals surface area contributed by atoms with Gasteiger partial charge in [0.2, 0.25) is 5.88 Å². The van der Waals surface area contributed by atoms with Gasteiger partial charge in [-0.3, -0.25) is 9.36 Å². The van der Waals surface area contributed by atoms with Gasteiger partial charge < -0.3 is 15.0 Å². The van der Waals surface area contributed by atoms with Gasteiger partial charge in [0.25, 0.3) is 5.91 Å². The first-order valence-electron chi connectivity index (χ1n) is 9.36. The van der Waals surface area contributed by atoms with Crippen molar-refractivity contribution in [2.75, 3.05) is 5.32 Å². The number of aromatic nitrogens is 2. The lowest BCUT2D eigenvalue weighted by molar-refractivity contribution is 0.102. The second-order valence-corrected chi connectivity index (χ2v) is 7.11. The molecule has 0 bridgehead atoms. The maximum absolute atomic E-state index is 12.4. The number of nitrogens with zero attached hydrogens (tertiary/aromatic N) is 2. The van der Waals surface area contributed by atoms with Crippen LogP contribution in [-0.4, -0.2) is 20.1 Å². The van der Waals surface area contributed by atoms with Crippen LogP contribution < -0.4 is 5.32 Å². The lowest BCUT2D eigenvalue weighted by Gasteiger charge is -2.07. The minimum Gasteiger partial charge on any atom is -0.494 e.